The highest BCUT2D eigenvalue weighted by atomic mass is 15.1. The van der Waals surface area contributed by atoms with Crippen LogP contribution in [0.2, 0.25) is 0 Å². The fourth-order valence-corrected chi connectivity index (χ4v) is 3.45. The number of hydrogen-bond acceptors (Lipinski definition) is 2. The first-order valence-corrected chi connectivity index (χ1v) is 7.26. The third kappa shape index (κ3) is 2.08. The van der Waals surface area contributed by atoms with E-state index in [1.54, 1.807) is 0 Å². The van der Waals surface area contributed by atoms with Gasteiger partial charge in [-0.25, -0.2) is 0 Å². The molecule has 18 heavy (non-hydrogen) atoms. The van der Waals surface area contributed by atoms with Crippen molar-refractivity contribution >= 4 is 0 Å². The second-order valence-electron chi connectivity index (χ2n) is 6.17. The molecule has 1 aromatic rings. The lowest BCUT2D eigenvalue weighted by molar-refractivity contribution is 0.236. The SMILES string of the molecule is CN1CCC(c2ccccc2C2(N)CCC2)CC1. The Hall–Kier alpha value is -0.860. The average Bonchev–Trinajstić information content (AvgIpc) is 2.37. The second-order valence-corrected chi connectivity index (χ2v) is 6.17. The number of hydrogen-bond donors (Lipinski definition) is 1. The molecule has 0 unspecified atom stereocenters. The van der Waals surface area contributed by atoms with E-state index in [2.05, 4.69) is 36.2 Å². The van der Waals surface area contributed by atoms with Gasteiger partial charge in [-0.3, -0.25) is 0 Å². The summed E-state index contributed by atoms with van der Waals surface area (Å²) in [5, 5.41) is 0. The summed E-state index contributed by atoms with van der Waals surface area (Å²) in [6.45, 7) is 2.44. The minimum Gasteiger partial charge on any atom is -0.321 e. The normalized spacial score (nSPS) is 24.8. The zero-order valence-corrected chi connectivity index (χ0v) is 11.4. The Morgan fingerprint density at radius 3 is 2.44 bits per heavy atom. The van der Waals surface area contributed by atoms with E-state index in [0.29, 0.717) is 0 Å². The standard InChI is InChI=1S/C16H24N2/c1-18-11-7-13(8-12-18)14-5-2-3-6-15(14)16(17)9-4-10-16/h2-3,5-6,13H,4,7-12,17H2,1H3. The van der Waals surface area contributed by atoms with Crippen LogP contribution in [-0.2, 0) is 5.54 Å². The molecule has 2 nitrogen and oxygen atoms in total. The number of rotatable bonds is 2. The predicted octanol–water partition coefficient (Wildman–Crippen LogP) is 2.83. The van der Waals surface area contributed by atoms with Gasteiger partial charge in [-0.2, -0.15) is 0 Å². The van der Waals surface area contributed by atoms with Crippen LogP contribution in [0.4, 0.5) is 0 Å². The third-order valence-corrected chi connectivity index (χ3v) is 4.90. The van der Waals surface area contributed by atoms with Crippen LogP contribution in [-0.4, -0.2) is 25.0 Å². The van der Waals surface area contributed by atoms with Crippen molar-refractivity contribution in [3.8, 4) is 0 Å². The Balaban J connectivity index is 1.87. The zero-order valence-electron chi connectivity index (χ0n) is 11.4. The van der Waals surface area contributed by atoms with Gasteiger partial charge >= 0.3 is 0 Å². The van der Waals surface area contributed by atoms with Crippen LogP contribution in [0.5, 0.6) is 0 Å². The molecule has 0 atom stereocenters. The Morgan fingerprint density at radius 1 is 1.17 bits per heavy atom. The predicted molar refractivity (Wildman–Crippen MR) is 75.6 cm³/mol. The summed E-state index contributed by atoms with van der Waals surface area (Å²) in [5.41, 5.74) is 9.51. The molecule has 1 aromatic carbocycles. The molecule has 98 valence electrons. The molecule has 2 heteroatoms. The first kappa shape index (κ1) is 12.2. The maximum atomic E-state index is 6.55. The Labute approximate surface area is 110 Å². The Morgan fingerprint density at radius 2 is 1.83 bits per heavy atom. The van der Waals surface area contributed by atoms with E-state index >= 15 is 0 Å². The van der Waals surface area contributed by atoms with Gasteiger partial charge in [-0.05, 0) is 69.3 Å². The lowest BCUT2D eigenvalue weighted by Crippen LogP contribution is -2.44. The van der Waals surface area contributed by atoms with Crippen molar-refractivity contribution in [2.24, 2.45) is 5.73 Å². The first-order valence-electron chi connectivity index (χ1n) is 7.26. The fourth-order valence-electron chi connectivity index (χ4n) is 3.45. The number of nitrogens with zero attached hydrogens (tertiary/aromatic N) is 1. The van der Waals surface area contributed by atoms with Crippen LogP contribution >= 0.6 is 0 Å². The van der Waals surface area contributed by atoms with Gasteiger partial charge in [0.05, 0.1) is 0 Å². The molecule has 2 N–H and O–H groups in total. The van der Waals surface area contributed by atoms with E-state index in [0.717, 1.165) is 18.8 Å². The summed E-state index contributed by atoms with van der Waals surface area (Å²) >= 11 is 0. The topological polar surface area (TPSA) is 29.3 Å². The number of benzene rings is 1. The molecule has 2 aliphatic rings. The number of likely N-dealkylation sites (tertiary alicyclic amines) is 1. The molecule has 1 heterocycles. The van der Waals surface area contributed by atoms with E-state index in [1.807, 2.05) is 0 Å². The van der Waals surface area contributed by atoms with Crippen LogP contribution < -0.4 is 5.73 Å². The van der Waals surface area contributed by atoms with Crippen molar-refractivity contribution < 1.29 is 0 Å². The number of nitrogens with two attached hydrogens (primary N) is 1. The fraction of sp³-hybridized carbons (Fsp3) is 0.625. The van der Waals surface area contributed by atoms with Crippen molar-refractivity contribution in [2.45, 2.75) is 43.6 Å². The maximum absolute atomic E-state index is 6.55. The van der Waals surface area contributed by atoms with Gasteiger partial charge in [0, 0.05) is 5.54 Å². The molecular weight excluding hydrogens is 220 g/mol. The second kappa shape index (κ2) is 4.67. The van der Waals surface area contributed by atoms with E-state index in [4.69, 9.17) is 5.73 Å². The molecule has 1 saturated carbocycles. The lowest BCUT2D eigenvalue weighted by atomic mass is 9.69. The smallest absolute Gasteiger partial charge is 0.0412 e. The summed E-state index contributed by atoms with van der Waals surface area (Å²) in [6, 6.07) is 8.92. The van der Waals surface area contributed by atoms with Crippen molar-refractivity contribution in [3.05, 3.63) is 35.4 Å². The van der Waals surface area contributed by atoms with Crippen LogP contribution in [0.1, 0.15) is 49.1 Å². The molecule has 1 aliphatic carbocycles. The summed E-state index contributed by atoms with van der Waals surface area (Å²) in [6.07, 6.45) is 6.18. The minimum atomic E-state index is -0.0139. The highest BCUT2D eigenvalue weighted by molar-refractivity contribution is 5.37. The zero-order chi connectivity index (χ0) is 12.6. The van der Waals surface area contributed by atoms with Crippen LogP contribution in [0.15, 0.2) is 24.3 Å². The van der Waals surface area contributed by atoms with Crippen molar-refractivity contribution in [1.82, 2.24) is 4.90 Å². The Bertz CT molecular complexity index is 415. The molecule has 0 bridgehead atoms. The van der Waals surface area contributed by atoms with Gasteiger partial charge in [0.1, 0.15) is 0 Å². The third-order valence-electron chi connectivity index (χ3n) is 4.90. The van der Waals surface area contributed by atoms with Gasteiger partial charge in [0.25, 0.3) is 0 Å². The highest BCUT2D eigenvalue weighted by Crippen LogP contribution is 2.43. The van der Waals surface area contributed by atoms with Crippen LogP contribution in [0.25, 0.3) is 0 Å². The van der Waals surface area contributed by atoms with E-state index < -0.39 is 0 Å². The molecule has 0 aromatic heterocycles. The molecule has 0 radical (unpaired) electrons. The monoisotopic (exact) mass is 244 g/mol. The first-order chi connectivity index (χ1) is 8.69. The van der Waals surface area contributed by atoms with E-state index in [-0.39, 0.29) is 5.54 Å². The van der Waals surface area contributed by atoms with Gasteiger partial charge < -0.3 is 10.6 Å². The molecule has 2 fully saturated rings. The van der Waals surface area contributed by atoms with Crippen LogP contribution in [0, 0.1) is 0 Å². The quantitative estimate of drug-likeness (QED) is 0.867. The Kier molecular flexibility index (Phi) is 3.16. The minimum absolute atomic E-state index is 0.0139. The molecule has 0 amide bonds. The molecule has 1 aliphatic heterocycles. The highest BCUT2D eigenvalue weighted by Gasteiger charge is 2.37. The lowest BCUT2D eigenvalue weighted by Gasteiger charge is -2.41. The van der Waals surface area contributed by atoms with Crippen molar-refractivity contribution in [2.75, 3.05) is 20.1 Å². The summed E-state index contributed by atoms with van der Waals surface area (Å²) < 4.78 is 0. The molecule has 1 saturated heterocycles. The van der Waals surface area contributed by atoms with Crippen molar-refractivity contribution in [1.29, 1.82) is 0 Å². The molecule has 3 rings (SSSR count). The average molecular weight is 244 g/mol. The van der Waals surface area contributed by atoms with Gasteiger partial charge in [-0.1, -0.05) is 24.3 Å². The van der Waals surface area contributed by atoms with Gasteiger partial charge in [-0.15, -0.1) is 0 Å². The largest absolute Gasteiger partial charge is 0.321 e. The van der Waals surface area contributed by atoms with Gasteiger partial charge in [0.2, 0.25) is 0 Å². The van der Waals surface area contributed by atoms with Crippen LogP contribution in [0.3, 0.4) is 0 Å². The van der Waals surface area contributed by atoms with Crippen molar-refractivity contribution in [3.63, 3.8) is 0 Å². The summed E-state index contributed by atoms with van der Waals surface area (Å²) in [5.74, 6) is 0.721. The molecule has 0 spiro atoms. The van der Waals surface area contributed by atoms with E-state index in [9.17, 15) is 0 Å². The summed E-state index contributed by atoms with van der Waals surface area (Å²) in [4.78, 5) is 2.43. The maximum Gasteiger partial charge on any atom is 0.0412 e. The summed E-state index contributed by atoms with van der Waals surface area (Å²) in [7, 11) is 2.22. The van der Waals surface area contributed by atoms with Gasteiger partial charge in [0.15, 0.2) is 0 Å². The number of piperidine rings is 1. The van der Waals surface area contributed by atoms with E-state index in [1.165, 1.54) is 43.5 Å². The molecular formula is C16H24N2.